The number of hydrogen-bond acceptors (Lipinski definition) is 5. The van der Waals surface area contributed by atoms with E-state index in [9.17, 15) is 24.3 Å². The van der Waals surface area contributed by atoms with Gasteiger partial charge in [-0.15, -0.1) is 11.8 Å². The molecule has 0 saturated carbocycles. The Balaban J connectivity index is 1.72. The second-order valence-corrected chi connectivity index (χ2v) is 12.9. The van der Waals surface area contributed by atoms with E-state index in [-0.39, 0.29) is 27.9 Å². The molecule has 2 atom stereocenters. The van der Waals surface area contributed by atoms with Crippen LogP contribution in [0.1, 0.15) is 50.5 Å². The van der Waals surface area contributed by atoms with Gasteiger partial charge >= 0.3 is 5.97 Å². The number of benzene rings is 2. The molecule has 8 nitrogen and oxygen atoms in total. The van der Waals surface area contributed by atoms with Crippen LogP contribution in [0.4, 0.5) is 5.69 Å². The number of nitrogens with one attached hydrogen (secondary N) is 2. The van der Waals surface area contributed by atoms with Crippen molar-refractivity contribution in [3.63, 3.8) is 0 Å². The molecular weight excluding hydrogens is 537 g/mol. The smallest absolute Gasteiger partial charge is 0.326 e. The van der Waals surface area contributed by atoms with Gasteiger partial charge in [0.15, 0.2) is 0 Å². The maximum absolute atomic E-state index is 13.3. The summed E-state index contributed by atoms with van der Waals surface area (Å²) in [5, 5.41) is 15.6. The number of carboxylic acids is 1. The van der Waals surface area contributed by atoms with E-state index in [0.717, 1.165) is 0 Å². The zero-order valence-corrected chi connectivity index (χ0v) is 23.4. The highest BCUT2D eigenvalue weighted by atomic mass is 35.5. The van der Waals surface area contributed by atoms with Crippen molar-refractivity contribution in [1.29, 1.82) is 0 Å². The number of nitrogens with zero attached hydrogens (tertiary/aromatic N) is 1. The molecule has 1 aliphatic rings. The predicted octanol–water partition coefficient (Wildman–Crippen LogP) is 4.84. The molecule has 2 aromatic carbocycles. The Hall–Kier alpha value is -2.75. The molecule has 0 bridgehead atoms. The molecule has 37 heavy (non-hydrogen) atoms. The molecule has 0 radical (unpaired) electrons. The first-order chi connectivity index (χ1) is 17.1. The Morgan fingerprint density at radius 1 is 1.03 bits per heavy atom. The second-order valence-electron chi connectivity index (χ2n) is 9.80. The van der Waals surface area contributed by atoms with Gasteiger partial charge in [-0.1, -0.05) is 41.4 Å². The van der Waals surface area contributed by atoms with E-state index in [1.54, 1.807) is 42.5 Å². The van der Waals surface area contributed by atoms with Crippen LogP contribution in [0.5, 0.6) is 0 Å². The fourth-order valence-electron chi connectivity index (χ4n) is 4.68. The summed E-state index contributed by atoms with van der Waals surface area (Å²) in [4.78, 5) is 51.2. The largest absolute Gasteiger partial charge is 0.480 e. The van der Waals surface area contributed by atoms with Crippen LogP contribution in [0.15, 0.2) is 42.5 Å². The van der Waals surface area contributed by atoms with E-state index < -0.39 is 39.5 Å². The summed E-state index contributed by atoms with van der Waals surface area (Å²) in [7, 11) is 0. The third kappa shape index (κ3) is 6.40. The van der Waals surface area contributed by atoms with E-state index >= 15 is 0 Å². The molecule has 0 aromatic heterocycles. The summed E-state index contributed by atoms with van der Waals surface area (Å²) in [5.74, 6) is -2.46. The summed E-state index contributed by atoms with van der Waals surface area (Å²) in [6, 6.07) is 9.28. The molecule has 1 fully saturated rings. The van der Waals surface area contributed by atoms with Crippen molar-refractivity contribution in [2.24, 2.45) is 0 Å². The van der Waals surface area contributed by atoms with Gasteiger partial charge in [0.1, 0.15) is 12.1 Å². The number of rotatable bonds is 7. The lowest BCUT2D eigenvalue weighted by atomic mass is 9.98. The zero-order chi connectivity index (χ0) is 27.7. The summed E-state index contributed by atoms with van der Waals surface area (Å²) < 4.78 is -0.618. The number of carboxylic acid groups (broad SMARTS) is 1. The Kier molecular flexibility index (Phi) is 8.51. The van der Waals surface area contributed by atoms with Crippen molar-refractivity contribution in [3.05, 3.63) is 63.6 Å². The molecule has 3 rings (SSSR count). The Labute approximate surface area is 230 Å². The molecule has 0 spiro atoms. The highest BCUT2D eigenvalue weighted by Crippen LogP contribution is 2.51. The van der Waals surface area contributed by atoms with Crippen molar-refractivity contribution in [2.75, 3.05) is 5.32 Å². The van der Waals surface area contributed by atoms with Gasteiger partial charge in [0.2, 0.25) is 11.8 Å². The lowest BCUT2D eigenvalue weighted by molar-refractivity contribution is -0.145. The molecule has 3 N–H and O–H groups in total. The number of halogens is 2. The van der Waals surface area contributed by atoms with Crippen LogP contribution in [0.2, 0.25) is 10.0 Å². The van der Waals surface area contributed by atoms with Crippen LogP contribution in [-0.2, 0) is 20.8 Å². The van der Waals surface area contributed by atoms with E-state index in [4.69, 9.17) is 23.2 Å². The number of carbonyl (C=O) groups is 4. The molecule has 2 aromatic rings. The van der Waals surface area contributed by atoms with Gasteiger partial charge in [-0.05, 0) is 57.5 Å². The Morgan fingerprint density at radius 3 is 2.11 bits per heavy atom. The highest BCUT2D eigenvalue weighted by Gasteiger charge is 2.56. The standard InChI is InChI=1S/C26H29Cl2N3O5S/c1-14(32)31-21(25(2,3)37-26(31,4)5)23(34)30-19(24(35)36)13-15-9-11-16(12-10-15)29-22(33)20-17(27)7-6-8-18(20)28/h6-12,19,21H,13H2,1-5H3,(H,29,33)(H,30,34)(H,35,36)/t19-,21-/m0/s1. The quantitative estimate of drug-likeness (QED) is 0.442. The zero-order valence-electron chi connectivity index (χ0n) is 21.1. The summed E-state index contributed by atoms with van der Waals surface area (Å²) >= 11 is 13.7. The fraction of sp³-hybridized carbons (Fsp3) is 0.385. The van der Waals surface area contributed by atoms with Crippen LogP contribution in [0, 0.1) is 0 Å². The molecule has 3 amide bonds. The molecule has 0 unspecified atom stereocenters. The van der Waals surface area contributed by atoms with E-state index in [1.807, 2.05) is 27.7 Å². The van der Waals surface area contributed by atoms with Gasteiger partial charge < -0.3 is 20.6 Å². The highest BCUT2D eigenvalue weighted by molar-refractivity contribution is 8.02. The average molecular weight is 567 g/mol. The van der Waals surface area contributed by atoms with Crippen molar-refractivity contribution in [2.45, 2.75) is 62.7 Å². The van der Waals surface area contributed by atoms with Gasteiger partial charge in [-0.3, -0.25) is 14.4 Å². The van der Waals surface area contributed by atoms with E-state index in [0.29, 0.717) is 11.3 Å². The van der Waals surface area contributed by atoms with Crippen molar-refractivity contribution >= 4 is 64.3 Å². The van der Waals surface area contributed by atoms with Gasteiger partial charge in [0.05, 0.1) is 20.5 Å². The minimum absolute atomic E-state index is 0.00932. The van der Waals surface area contributed by atoms with Gasteiger partial charge in [0.25, 0.3) is 5.91 Å². The number of thioether (sulfide) groups is 1. The monoisotopic (exact) mass is 565 g/mol. The third-order valence-corrected chi connectivity index (χ3v) is 8.13. The number of anilines is 1. The fourth-order valence-corrected chi connectivity index (χ4v) is 7.20. The third-order valence-electron chi connectivity index (χ3n) is 6.05. The Bertz CT molecular complexity index is 1210. The normalized spacial score (nSPS) is 18.7. The second kappa shape index (κ2) is 10.9. The molecule has 1 heterocycles. The molecule has 1 aliphatic heterocycles. The predicted molar refractivity (Wildman–Crippen MR) is 146 cm³/mol. The minimum atomic E-state index is -1.21. The molecular formula is C26H29Cl2N3O5S. The SMILES string of the molecule is CC(=O)N1[C@@H](C(=O)N[C@@H](Cc2ccc(NC(=O)c3c(Cl)cccc3Cl)cc2)C(=O)O)C(C)(C)SC1(C)C. The maximum atomic E-state index is 13.3. The summed E-state index contributed by atoms with van der Waals surface area (Å²) in [5.41, 5.74) is 1.24. The first kappa shape index (κ1) is 28.8. The van der Waals surface area contributed by atoms with Crippen LogP contribution in [-0.4, -0.2) is 55.4 Å². The number of aliphatic carboxylic acids is 1. The minimum Gasteiger partial charge on any atom is -0.480 e. The lowest BCUT2D eigenvalue weighted by Gasteiger charge is -2.34. The number of amides is 3. The van der Waals surface area contributed by atoms with Gasteiger partial charge in [-0.2, -0.15) is 0 Å². The van der Waals surface area contributed by atoms with Crippen LogP contribution >= 0.6 is 35.0 Å². The molecule has 11 heteroatoms. The van der Waals surface area contributed by atoms with Crippen LogP contribution in [0.3, 0.4) is 0 Å². The van der Waals surface area contributed by atoms with E-state index in [2.05, 4.69) is 10.6 Å². The first-order valence-corrected chi connectivity index (χ1v) is 13.1. The average Bonchev–Trinajstić information content (AvgIpc) is 2.97. The van der Waals surface area contributed by atoms with Crippen molar-refractivity contribution in [3.8, 4) is 0 Å². The molecule has 0 aliphatic carbocycles. The first-order valence-electron chi connectivity index (χ1n) is 11.5. The molecule has 1 saturated heterocycles. The van der Waals surface area contributed by atoms with E-state index in [1.165, 1.54) is 23.6 Å². The van der Waals surface area contributed by atoms with Gasteiger partial charge in [-0.25, -0.2) is 4.79 Å². The van der Waals surface area contributed by atoms with Crippen molar-refractivity contribution in [1.82, 2.24) is 10.2 Å². The maximum Gasteiger partial charge on any atom is 0.326 e. The number of carbonyl (C=O) groups excluding carboxylic acids is 3. The molecule has 198 valence electrons. The summed E-state index contributed by atoms with van der Waals surface area (Å²) in [6.07, 6.45) is 0.00932. The topological polar surface area (TPSA) is 116 Å². The van der Waals surface area contributed by atoms with Gasteiger partial charge in [0, 0.05) is 23.8 Å². The summed E-state index contributed by atoms with van der Waals surface area (Å²) in [6.45, 7) is 8.86. The number of hydrogen-bond donors (Lipinski definition) is 3. The Morgan fingerprint density at radius 2 is 1.59 bits per heavy atom. The van der Waals surface area contributed by atoms with Crippen LogP contribution < -0.4 is 10.6 Å². The lowest BCUT2D eigenvalue weighted by Crippen LogP contribution is -2.58. The van der Waals surface area contributed by atoms with Crippen LogP contribution in [0.25, 0.3) is 0 Å². The van der Waals surface area contributed by atoms with Crippen molar-refractivity contribution < 1.29 is 24.3 Å².